The summed E-state index contributed by atoms with van der Waals surface area (Å²) in [5.41, 5.74) is 0. The Morgan fingerprint density at radius 1 is 1.14 bits per heavy atom. The van der Waals surface area contributed by atoms with Gasteiger partial charge in [0.15, 0.2) is 0 Å². The topological polar surface area (TPSA) is 66.5 Å². The number of hydrogen-bond acceptors (Lipinski definition) is 4. The lowest BCUT2D eigenvalue weighted by Crippen LogP contribution is -2.31. The van der Waals surface area contributed by atoms with Crippen LogP contribution in [0.3, 0.4) is 0 Å². The summed E-state index contributed by atoms with van der Waals surface area (Å²) in [5, 5.41) is 2.89. The van der Waals surface area contributed by atoms with Crippen LogP contribution in [-0.4, -0.2) is 37.8 Å². The smallest absolute Gasteiger partial charge is 0.261 e. The average Bonchev–Trinajstić information content (AvgIpc) is 3.18. The first kappa shape index (κ1) is 15.0. The summed E-state index contributed by atoms with van der Waals surface area (Å²) < 4.78 is 27.1. The monoisotopic (exact) mass is 328 g/mol. The molecule has 7 heteroatoms. The van der Waals surface area contributed by atoms with Crippen molar-refractivity contribution in [3.05, 3.63) is 17.0 Å². The molecule has 1 amide bonds. The normalized spacial score (nSPS) is 21.0. The van der Waals surface area contributed by atoms with E-state index in [9.17, 15) is 13.2 Å². The molecule has 1 saturated heterocycles. The second-order valence-electron chi connectivity index (χ2n) is 5.68. The first-order valence-corrected chi connectivity index (χ1v) is 9.74. The summed E-state index contributed by atoms with van der Waals surface area (Å²) in [4.78, 5) is 12.4. The van der Waals surface area contributed by atoms with Crippen LogP contribution in [0.5, 0.6) is 0 Å². The Balaban J connectivity index is 1.75. The lowest BCUT2D eigenvalue weighted by atomic mass is 10.2. The molecule has 0 aromatic carbocycles. The zero-order chi connectivity index (χ0) is 14.9. The highest BCUT2D eigenvalue weighted by atomic mass is 32.2. The van der Waals surface area contributed by atoms with E-state index in [1.165, 1.54) is 0 Å². The van der Waals surface area contributed by atoms with Gasteiger partial charge in [-0.1, -0.05) is 12.8 Å². The van der Waals surface area contributed by atoms with Crippen molar-refractivity contribution in [2.45, 2.75) is 48.8 Å². The second-order valence-corrected chi connectivity index (χ2v) is 8.93. The minimum absolute atomic E-state index is 0.153. The molecule has 0 bridgehead atoms. The number of carbonyl (C=O) groups excluding carboxylic acids is 1. The molecule has 5 nitrogen and oxygen atoms in total. The summed E-state index contributed by atoms with van der Waals surface area (Å²) in [6.07, 6.45) is 6.06. The number of sulfonamides is 1. The van der Waals surface area contributed by atoms with Gasteiger partial charge in [-0.05, 0) is 37.8 Å². The van der Waals surface area contributed by atoms with Crippen LogP contribution in [0.2, 0.25) is 0 Å². The predicted octanol–water partition coefficient (Wildman–Crippen LogP) is 2.21. The molecule has 2 heterocycles. The van der Waals surface area contributed by atoms with E-state index >= 15 is 0 Å². The number of thiophene rings is 1. The third-order valence-electron chi connectivity index (χ3n) is 3.88. The Labute approximate surface area is 129 Å². The minimum atomic E-state index is -3.44. The van der Waals surface area contributed by atoms with E-state index < -0.39 is 10.0 Å². The third-order valence-corrected chi connectivity index (χ3v) is 7.33. The predicted molar refractivity (Wildman–Crippen MR) is 82.0 cm³/mol. The fourth-order valence-corrected chi connectivity index (χ4v) is 5.36. The van der Waals surface area contributed by atoms with Crippen LogP contribution in [0.15, 0.2) is 16.3 Å². The fraction of sp³-hybridized carbons (Fsp3) is 0.643. The maximum atomic E-state index is 12.6. The van der Waals surface area contributed by atoms with Crippen molar-refractivity contribution in [3.8, 4) is 0 Å². The van der Waals surface area contributed by atoms with Crippen LogP contribution in [0.25, 0.3) is 0 Å². The fourth-order valence-electron chi connectivity index (χ4n) is 2.47. The number of nitrogens with zero attached hydrogens (tertiary/aromatic N) is 1. The van der Waals surface area contributed by atoms with E-state index in [0.29, 0.717) is 18.0 Å². The zero-order valence-electron chi connectivity index (χ0n) is 11.9. The Morgan fingerprint density at radius 2 is 1.81 bits per heavy atom. The number of nitrogens with one attached hydrogen (secondary N) is 1. The molecular formula is C14H20N2O3S2. The second kappa shape index (κ2) is 6.06. The molecule has 0 spiro atoms. The van der Waals surface area contributed by atoms with E-state index in [4.69, 9.17) is 0 Å². The highest BCUT2D eigenvalue weighted by molar-refractivity contribution is 7.91. The number of amides is 1. The van der Waals surface area contributed by atoms with Gasteiger partial charge in [0.25, 0.3) is 15.9 Å². The minimum Gasteiger partial charge on any atom is -0.349 e. The van der Waals surface area contributed by atoms with Crippen LogP contribution < -0.4 is 5.32 Å². The largest absolute Gasteiger partial charge is 0.349 e. The first-order chi connectivity index (χ1) is 10.1. The highest BCUT2D eigenvalue weighted by Gasteiger charge is 2.29. The summed E-state index contributed by atoms with van der Waals surface area (Å²) in [5.74, 6) is -0.153. The van der Waals surface area contributed by atoms with Gasteiger partial charge in [0.05, 0.1) is 4.88 Å². The number of carbonyl (C=O) groups is 1. The quantitative estimate of drug-likeness (QED) is 0.921. The molecule has 2 fully saturated rings. The number of hydrogen-bond donors (Lipinski definition) is 1. The molecule has 21 heavy (non-hydrogen) atoms. The summed E-state index contributed by atoms with van der Waals surface area (Å²) in [6, 6.07) is 3.46. The Hall–Kier alpha value is -0.920. The SMILES string of the molecule is O=C(NC1CC1)c1ccc(S(=O)(=O)N2CCCCCC2)s1. The third kappa shape index (κ3) is 3.46. The van der Waals surface area contributed by atoms with E-state index in [1.807, 2.05) is 0 Å². The van der Waals surface area contributed by atoms with Crippen LogP contribution in [-0.2, 0) is 10.0 Å². The Kier molecular flexibility index (Phi) is 4.33. The van der Waals surface area contributed by atoms with E-state index in [-0.39, 0.29) is 16.2 Å². The lowest BCUT2D eigenvalue weighted by molar-refractivity contribution is 0.0955. The van der Waals surface area contributed by atoms with Crippen LogP contribution in [0.4, 0.5) is 0 Å². The summed E-state index contributed by atoms with van der Waals surface area (Å²) in [6.45, 7) is 1.17. The van der Waals surface area contributed by atoms with Crippen molar-refractivity contribution >= 4 is 27.3 Å². The molecule has 0 radical (unpaired) electrons. The Bertz CT molecular complexity index is 612. The highest BCUT2D eigenvalue weighted by Crippen LogP contribution is 2.27. The summed E-state index contributed by atoms with van der Waals surface area (Å²) in [7, 11) is -3.44. The molecule has 2 aliphatic rings. The van der Waals surface area contributed by atoms with Gasteiger partial charge >= 0.3 is 0 Å². The van der Waals surface area contributed by atoms with E-state index in [0.717, 1.165) is 49.9 Å². The van der Waals surface area contributed by atoms with Gasteiger partial charge in [0.1, 0.15) is 4.21 Å². The van der Waals surface area contributed by atoms with Crippen molar-refractivity contribution in [2.75, 3.05) is 13.1 Å². The summed E-state index contributed by atoms with van der Waals surface area (Å²) >= 11 is 1.08. The van der Waals surface area contributed by atoms with Gasteiger partial charge in [-0.3, -0.25) is 4.79 Å². The van der Waals surface area contributed by atoms with Crippen LogP contribution in [0, 0.1) is 0 Å². The molecule has 1 aliphatic carbocycles. The molecule has 1 aliphatic heterocycles. The zero-order valence-corrected chi connectivity index (χ0v) is 13.5. The van der Waals surface area contributed by atoms with Gasteiger partial charge in [0.2, 0.25) is 0 Å². The molecule has 0 unspecified atom stereocenters. The van der Waals surface area contributed by atoms with Crippen LogP contribution >= 0.6 is 11.3 Å². The molecule has 0 atom stereocenters. The van der Waals surface area contributed by atoms with Gasteiger partial charge < -0.3 is 5.32 Å². The molecule has 1 saturated carbocycles. The molecule has 3 rings (SSSR count). The molecule has 1 N–H and O–H groups in total. The van der Waals surface area contributed by atoms with E-state index in [1.54, 1.807) is 16.4 Å². The van der Waals surface area contributed by atoms with Crippen molar-refractivity contribution < 1.29 is 13.2 Å². The average molecular weight is 328 g/mol. The molecule has 1 aromatic rings. The molecule has 116 valence electrons. The standard InChI is InChI=1S/C14H20N2O3S2/c17-14(15-11-5-6-11)12-7-8-13(20-12)21(18,19)16-9-3-1-2-4-10-16/h7-8,11H,1-6,9-10H2,(H,15,17). The van der Waals surface area contributed by atoms with Crippen LogP contribution in [0.1, 0.15) is 48.2 Å². The van der Waals surface area contributed by atoms with Crippen molar-refractivity contribution in [3.63, 3.8) is 0 Å². The van der Waals surface area contributed by atoms with Crippen molar-refractivity contribution in [2.24, 2.45) is 0 Å². The van der Waals surface area contributed by atoms with E-state index in [2.05, 4.69) is 5.32 Å². The maximum Gasteiger partial charge on any atom is 0.261 e. The first-order valence-electron chi connectivity index (χ1n) is 7.48. The van der Waals surface area contributed by atoms with Crippen molar-refractivity contribution in [1.29, 1.82) is 0 Å². The van der Waals surface area contributed by atoms with Gasteiger partial charge in [-0.25, -0.2) is 8.42 Å². The Morgan fingerprint density at radius 3 is 2.43 bits per heavy atom. The molecular weight excluding hydrogens is 308 g/mol. The molecule has 1 aromatic heterocycles. The van der Waals surface area contributed by atoms with Gasteiger partial charge in [-0.15, -0.1) is 11.3 Å². The van der Waals surface area contributed by atoms with Gasteiger partial charge in [0, 0.05) is 19.1 Å². The lowest BCUT2D eigenvalue weighted by Gasteiger charge is -2.18. The maximum absolute atomic E-state index is 12.6. The number of rotatable bonds is 4. The van der Waals surface area contributed by atoms with Gasteiger partial charge in [-0.2, -0.15) is 4.31 Å². The van der Waals surface area contributed by atoms with Crippen molar-refractivity contribution in [1.82, 2.24) is 9.62 Å².